The van der Waals surface area contributed by atoms with Crippen molar-refractivity contribution in [3.05, 3.63) is 53.1 Å². The third-order valence-electron chi connectivity index (χ3n) is 4.08. The van der Waals surface area contributed by atoms with Crippen LogP contribution in [0.1, 0.15) is 18.4 Å². The number of carboxylic acids is 1. The molecule has 0 spiro atoms. The van der Waals surface area contributed by atoms with Crippen molar-refractivity contribution in [3.8, 4) is 0 Å². The molecular weight excluding hydrogens is 507 g/mol. The van der Waals surface area contributed by atoms with E-state index in [2.05, 4.69) is 0 Å². The molecule has 3 rings (SSSR count). The molecule has 1 amide bonds. The zero-order chi connectivity index (χ0) is 16.7. The van der Waals surface area contributed by atoms with Gasteiger partial charge in [0.15, 0.2) is 11.6 Å². The van der Waals surface area contributed by atoms with Gasteiger partial charge in [-0.25, -0.2) is 0 Å². The third-order valence-corrected chi connectivity index (χ3v) is 4.08. The van der Waals surface area contributed by atoms with Crippen LogP contribution >= 0.6 is 0 Å². The number of ketones is 2. The number of amides is 1. The maximum absolute atomic E-state index is 12.4. The molecule has 6 nitrogen and oxygen atoms in total. The molecule has 0 radical (unpaired) electrons. The Morgan fingerprint density at radius 2 is 1.67 bits per heavy atom. The van der Waals surface area contributed by atoms with Crippen LogP contribution in [0.3, 0.4) is 0 Å². The van der Waals surface area contributed by atoms with Gasteiger partial charge in [0, 0.05) is 11.3 Å². The molecule has 1 aliphatic carbocycles. The van der Waals surface area contributed by atoms with Gasteiger partial charge >= 0.3 is 32.2 Å². The number of rotatable bonds is 3. The molecule has 0 saturated carbocycles. The number of hydrogen-bond donors (Lipinski definition) is 1. The van der Waals surface area contributed by atoms with Crippen molar-refractivity contribution in [1.29, 1.82) is 0 Å². The molecule has 0 saturated heterocycles. The van der Waals surface area contributed by atoms with Crippen molar-refractivity contribution >= 4 is 55.3 Å². The Morgan fingerprint density at radius 3 is 2.21 bits per heavy atom. The molecule has 24 heavy (non-hydrogen) atoms. The fourth-order valence-corrected chi connectivity index (χ4v) is 2.66. The van der Waals surface area contributed by atoms with Crippen molar-refractivity contribution in [3.63, 3.8) is 0 Å². The number of carboxylic acid groups (broad SMARTS) is 1. The van der Waals surface area contributed by atoms with Gasteiger partial charge in [-0.3, -0.25) is 19.2 Å². The number of nitrogens with zero attached hydrogens (tertiary/aromatic N) is 1. The number of anilines is 1. The molecular formula is C17H16BiNO5. The molecule has 1 aliphatic heterocycles. The van der Waals surface area contributed by atoms with E-state index in [1.54, 1.807) is 31.2 Å². The van der Waals surface area contributed by atoms with Gasteiger partial charge in [0.2, 0.25) is 0 Å². The number of allylic oxidation sites excluding steroid dienone is 2. The van der Waals surface area contributed by atoms with Gasteiger partial charge in [0.1, 0.15) is 0 Å². The molecule has 1 unspecified atom stereocenters. The molecule has 0 fully saturated rings. The normalized spacial score (nSPS) is 17.7. The summed E-state index contributed by atoms with van der Waals surface area (Å²) in [6.07, 6.45) is 2.29. The van der Waals surface area contributed by atoms with Crippen LogP contribution in [0.2, 0.25) is 0 Å². The zero-order valence-electron chi connectivity index (χ0n) is 13.0. The number of carbonyl (C=O) groups is 4. The monoisotopic (exact) mass is 523 g/mol. The third kappa shape index (κ3) is 2.96. The minimum absolute atomic E-state index is 0. The van der Waals surface area contributed by atoms with Gasteiger partial charge in [0.25, 0.3) is 5.91 Å². The predicted octanol–water partition coefficient (Wildman–Crippen LogP) is 0.0420. The van der Waals surface area contributed by atoms with E-state index in [1.165, 1.54) is 11.0 Å². The van der Waals surface area contributed by atoms with Gasteiger partial charge in [-0.1, -0.05) is 12.1 Å². The molecule has 7 heteroatoms. The summed E-state index contributed by atoms with van der Waals surface area (Å²) in [4.78, 5) is 48.4. The van der Waals surface area contributed by atoms with Crippen LogP contribution in [-0.4, -0.2) is 61.3 Å². The molecule has 1 atom stereocenters. The molecule has 0 aromatic heterocycles. The first-order valence-corrected chi connectivity index (χ1v) is 7.04. The molecule has 1 heterocycles. The van der Waals surface area contributed by atoms with Crippen molar-refractivity contribution < 1.29 is 24.3 Å². The fourth-order valence-electron chi connectivity index (χ4n) is 2.66. The van der Waals surface area contributed by atoms with E-state index in [0.717, 1.165) is 6.08 Å². The summed E-state index contributed by atoms with van der Waals surface area (Å²) in [7, 11) is 0. The fraction of sp³-hybridized carbons (Fsp3) is 0.176. The summed E-state index contributed by atoms with van der Waals surface area (Å²) in [6, 6.07) is 6.49. The van der Waals surface area contributed by atoms with Crippen molar-refractivity contribution in [1.82, 2.24) is 0 Å². The molecule has 124 valence electrons. The topological polar surface area (TPSA) is 91.8 Å². The van der Waals surface area contributed by atoms with Gasteiger partial charge in [-0.2, -0.15) is 0 Å². The van der Waals surface area contributed by atoms with Crippen LogP contribution in [0.5, 0.6) is 0 Å². The summed E-state index contributed by atoms with van der Waals surface area (Å²) >= 11 is 0. The summed E-state index contributed by atoms with van der Waals surface area (Å²) < 4.78 is 0. The standard InChI is InChI=1S/C17H13NO5.Bi.3H/c1-9(17(22)23)10-2-4-11(5-3-10)18-8-12-13(19)6-7-14(20)15(12)16(18)21;;;;/h2-7,9H,8H2,1H3,(H,22,23);;;;. The van der Waals surface area contributed by atoms with Crippen LogP contribution in [0.4, 0.5) is 5.69 Å². The van der Waals surface area contributed by atoms with Crippen LogP contribution in [0.25, 0.3) is 0 Å². The summed E-state index contributed by atoms with van der Waals surface area (Å²) in [5.41, 5.74) is 1.27. The molecule has 1 aromatic carbocycles. The van der Waals surface area contributed by atoms with Crippen molar-refractivity contribution in [2.24, 2.45) is 0 Å². The van der Waals surface area contributed by atoms with Gasteiger partial charge in [-0.05, 0) is 36.8 Å². The van der Waals surface area contributed by atoms with E-state index >= 15 is 0 Å². The zero-order valence-corrected chi connectivity index (χ0v) is 18.5. The van der Waals surface area contributed by atoms with Crippen molar-refractivity contribution in [2.45, 2.75) is 12.8 Å². The second kappa shape index (κ2) is 6.77. The first-order chi connectivity index (χ1) is 10.9. The first-order valence-electron chi connectivity index (χ1n) is 7.04. The minimum atomic E-state index is -0.936. The van der Waals surface area contributed by atoms with Crippen molar-refractivity contribution in [2.75, 3.05) is 11.4 Å². The van der Waals surface area contributed by atoms with Crippen LogP contribution in [-0.2, 0) is 19.2 Å². The van der Waals surface area contributed by atoms with Gasteiger partial charge in [-0.15, -0.1) is 0 Å². The molecule has 0 bridgehead atoms. The second-order valence-electron chi connectivity index (χ2n) is 5.46. The van der Waals surface area contributed by atoms with E-state index < -0.39 is 23.6 Å². The van der Waals surface area contributed by atoms with E-state index in [-0.39, 0.29) is 49.7 Å². The Labute approximate surface area is 157 Å². The van der Waals surface area contributed by atoms with E-state index in [0.29, 0.717) is 11.3 Å². The Kier molecular flexibility index (Phi) is 5.14. The second-order valence-corrected chi connectivity index (χ2v) is 5.46. The summed E-state index contributed by atoms with van der Waals surface area (Å²) in [5.74, 6) is -2.87. The van der Waals surface area contributed by atoms with E-state index in [4.69, 9.17) is 5.11 Å². The van der Waals surface area contributed by atoms with Gasteiger partial charge in [0.05, 0.1) is 18.0 Å². The number of aliphatic carboxylic acids is 1. The molecule has 1 aromatic rings. The SMILES string of the molecule is CC(C(=O)O)c1ccc(N2CC3=C(C(=O)C=CC3=O)C2=O)cc1.[BiH3]. The summed E-state index contributed by atoms with van der Waals surface area (Å²) in [5, 5.41) is 9.00. The molecule has 1 N–H and O–H groups in total. The van der Waals surface area contributed by atoms with Crippen LogP contribution in [0.15, 0.2) is 47.6 Å². The average molecular weight is 523 g/mol. The summed E-state index contributed by atoms with van der Waals surface area (Å²) in [6.45, 7) is 1.62. The van der Waals surface area contributed by atoms with E-state index in [1.807, 2.05) is 0 Å². The quantitative estimate of drug-likeness (QED) is 0.344. The first kappa shape index (κ1) is 18.2. The Hall–Kier alpha value is -2.14. The van der Waals surface area contributed by atoms with Gasteiger partial charge < -0.3 is 10.0 Å². The maximum atomic E-state index is 12.4. The predicted molar refractivity (Wildman–Crippen MR) is 91.0 cm³/mol. The number of hydrogen-bond acceptors (Lipinski definition) is 4. The number of benzene rings is 1. The Morgan fingerprint density at radius 1 is 1.08 bits per heavy atom. The number of carbonyl (C=O) groups excluding carboxylic acids is 3. The Bertz CT molecular complexity index is 807. The Balaban J connectivity index is 0.00000208. The van der Waals surface area contributed by atoms with Crippen LogP contribution in [0, 0.1) is 0 Å². The molecule has 2 aliphatic rings. The van der Waals surface area contributed by atoms with Crippen LogP contribution < -0.4 is 4.90 Å². The van der Waals surface area contributed by atoms with E-state index in [9.17, 15) is 19.2 Å². The average Bonchev–Trinajstić information content (AvgIpc) is 2.89.